The lowest BCUT2D eigenvalue weighted by atomic mass is 10.2. The maximum absolute atomic E-state index is 13.5. The van der Waals surface area contributed by atoms with Crippen LogP contribution in [0.5, 0.6) is 17.2 Å². The van der Waals surface area contributed by atoms with Gasteiger partial charge in [0.15, 0.2) is 0 Å². The molecule has 31 heavy (non-hydrogen) atoms. The van der Waals surface area contributed by atoms with Gasteiger partial charge in [-0.1, -0.05) is 18.2 Å². The average Bonchev–Trinajstić information content (AvgIpc) is 2.75. The molecule has 0 bridgehead atoms. The van der Waals surface area contributed by atoms with Crippen molar-refractivity contribution in [1.82, 2.24) is 4.72 Å². The van der Waals surface area contributed by atoms with Crippen molar-refractivity contribution in [3.63, 3.8) is 0 Å². The van der Waals surface area contributed by atoms with Crippen LogP contribution in [0.4, 0.5) is 10.1 Å². The first-order valence-electron chi connectivity index (χ1n) is 9.28. The molecule has 162 valence electrons. The summed E-state index contributed by atoms with van der Waals surface area (Å²) in [6, 6.07) is 17.8. The van der Waals surface area contributed by atoms with Crippen LogP contribution in [0.2, 0.25) is 0 Å². The number of ether oxygens (including phenoxy) is 2. The quantitative estimate of drug-likeness (QED) is 0.549. The first kappa shape index (κ1) is 22.3. The van der Waals surface area contributed by atoms with Crippen molar-refractivity contribution < 1.29 is 27.1 Å². The predicted octanol–water partition coefficient (Wildman–Crippen LogP) is 3.93. The summed E-state index contributed by atoms with van der Waals surface area (Å²) >= 11 is 0. The number of rotatable bonds is 8. The van der Waals surface area contributed by atoms with Gasteiger partial charge in [-0.3, -0.25) is 4.79 Å². The van der Waals surface area contributed by atoms with E-state index in [1.54, 1.807) is 24.3 Å². The molecule has 1 atom stereocenters. The molecule has 0 radical (unpaired) electrons. The highest BCUT2D eigenvalue weighted by Crippen LogP contribution is 2.25. The van der Waals surface area contributed by atoms with E-state index in [0.29, 0.717) is 17.2 Å². The van der Waals surface area contributed by atoms with E-state index >= 15 is 0 Å². The zero-order valence-electron chi connectivity index (χ0n) is 16.8. The van der Waals surface area contributed by atoms with Crippen molar-refractivity contribution in [3.8, 4) is 17.2 Å². The van der Waals surface area contributed by atoms with Crippen LogP contribution >= 0.6 is 0 Å². The second-order valence-corrected chi connectivity index (χ2v) is 8.25. The van der Waals surface area contributed by atoms with Crippen LogP contribution in [0.3, 0.4) is 0 Å². The number of hydrogen-bond acceptors (Lipinski definition) is 5. The SMILES string of the molecule is COc1ccc(F)cc1S(=O)(=O)NC(C)C(=O)Nc1ccc(Oc2ccccc2)cc1. The summed E-state index contributed by atoms with van der Waals surface area (Å²) < 4.78 is 51.6. The van der Waals surface area contributed by atoms with Gasteiger partial charge in [-0.05, 0) is 61.5 Å². The number of halogens is 1. The van der Waals surface area contributed by atoms with Crippen LogP contribution in [-0.2, 0) is 14.8 Å². The molecule has 3 aromatic carbocycles. The Morgan fingerprint density at radius 3 is 2.26 bits per heavy atom. The van der Waals surface area contributed by atoms with E-state index in [-0.39, 0.29) is 5.75 Å². The number of sulfonamides is 1. The van der Waals surface area contributed by atoms with Crippen molar-refractivity contribution in [1.29, 1.82) is 0 Å². The summed E-state index contributed by atoms with van der Waals surface area (Å²) in [7, 11) is -2.93. The standard InChI is InChI=1S/C22H21FN2O5S/c1-15(25-31(27,28)21-14-16(23)8-13-20(21)29-2)22(26)24-17-9-11-19(12-10-17)30-18-6-4-3-5-7-18/h3-15,25H,1-2H3,(H,24,26). The number of amides is 1. The Morgan fingerprint density at radius 1 is 0.968 bits per heavy atom. The van der Waals surface area contributed by atoms with E-state index < -0.39 is 32.7 Å². The Morgan fingerprint density at radius 2 is 1.61 bits per heavy atom. The van der Waals surface area contributed by atoms with E-state index in [0.717, 1.165) is 12.1 Å². The molecule has 3 aromatic rings. The third-order valence-electron chi connectivity index (χ3n) is 4.24. The van der Waals surface area contributed by atoms with E-state index in [9.17, 15) is 17.6 Å². The Bertz CT molecular complexity index is 1150. The molecule has 0 aromatic heterocycles. The summed E-state index contributed by atoms with van der Waals surface area (Å²) in [5.74, 6) is -0.103. The molecule has 0 aliphatic rings. The van der Waals surface area contributed by atoms with Crippen LogP contribution in [0, 0.1) is 5.82 Å². The van der Waals surface area contributed by atoms with Gasteiger partial charge < -0.3 is 14.8 Å². The maximum atomic E-state index is 13.5. The van der Waals surface area contributed by atoms with Gasteiger partial charge in [0.05, 0.1) is 13.2 Å². The lowest BCUT2D eigenvalue weighted by molar-refractivity contribution is -0.117. The van der Waals surface area contributed by atoms with Gasteiger partial charge in [0.25, 0.3) is 0 Å². The molecule has 7 nitrogen and oxygen atoms in total. The fourth-order valence-electron chi connectivity index (χ4n) is 2.69. The van der Waals surface area contributed by atoms with Crippen molar-refractivity contribution in [2.45, 2.75) is 17.9 Å². The van der Waals surface area contributed by atoms with E-state index in [1.165, 1.54) is 20.1 Å². The van der Waals surface area contributed by atoms with Crippen molar-refractivity contribution in [2.75, 3.05) is 12.4 Å². The lowest BCUT2D eigenvalue weighted by Gasteiger charge is -2.16. The molecule has 0 saturated carbocycles. The minimum Gasteiger partial charge on any atom is -0.495 e. The van der Waals surface area contributed by atoms with Crippen LogP contribution in [0.1, 0.15) is 6.92 Å². The topological polar surface area (TPSA) is 93.7 Å². The zero-order valence-corrected chi connectivity index (χ0v) is 17.6. The molecule has 3 rings (SSSR count). The molecule has 0 spiro atoms. The van der Waals surface area contributed by atoms with Gasteiger partial charge in [-0.2, -0.15) is 4.72 Å². The summed E-state index contributed by atoms with van der Waals surface area (Å²) in [6.07, 6.45) is 0. The monoisotopic (exact) mass is 444 g/mol. The number of nitrogens with one attached hydrogen (secondary N) is 2. The van der Waals surface area contributed by atoms with Crippen molar-refractivity contribution >= 4 is 21.6 Å². The highest BCUT2D eigenvalue weighted by atomic mass is 32.2. The lowest BCUT2D eigenvalue weighted by Crippen LogP contribution is -2.41. The molecule has 0 aliphatic heterocycles. The number of para-hydroxylation sites is 1. The van der Waals surface area contributed by atoms with Gasteiger partial charge in [0.1, 0.15) is 28.0 Å². The Balaban J connectivity index is 1.64. The number of benzene rings is 3. The van der Waals surface area contributed by atoms with Gasteiger partial charge in [-0.15, -0.1) is 0 Å². The Hall–Kier alpha value is -3.43. The van der Waals surface area contributed by atoms with Gasteiger partial charge in [0, 0.05) is 5.69 Å². The minimum absolute atomic E-state index is 0.0319. The third kappa shape index (κ3) is 5.80. The molecular formula is C22H21FN2O5S. The summed E-state index contributed by atoms with van der Waals surface area (Å²) in [4.78, 5) is 12.1. The largest absolute Gasteiger partial charge is 0.495 e. The molecule has 0 aliphatic carbocycles. The number of carbonyl (C=O) groups excluding carboxylic acids is 1. The molecule has 0 heterocycles. The maximum Gasteiger partial charge on any atom is 0.245 e. The molecule has 0 fully saturated rings. The van der Waals surface area contributed by atoms with Crippen molar-refractivity contribution in [2.24, 2.45) is 0 Å². The second-order valence-electron chi connectivity index (χ2n) is 6.57. The van der Waals surface area contributed by atoms with Crippen LogP contribution < -0.4 is 19.5 Å². The summed E-state index contributed by atoms with van der Waals surface area (Å²) in [6.45, 7) is 1.38. The molecule has 1 amide bonds. The van der Waals surface area contributed by atoms with Gasteiger partial charge in [0.2, 0.25) is 15.9 Å². The molecule has 0 saturated heterocycles. The fraction of sp³-hybridized carbons (Fsp3) is 0.136. The first-order chi connectivity index (χ1) is 14.8. The first-order valence-corrected chi connectivity index (χ1v) is 10.8. The summed E-state index contributed by atoms with van der Waals surface area (Å²) in [5, 5.41) is 2.62. The van der Waals surface area contributed by atoms with Gasteiger partial charge >= 0.3 is 0 Å². The van der Waals surface area contributed by atoms with E-state index in [1.807, 2.05) is 30.3 Å². The Labute approximate surface area is 179 Å². The predicted molar refractivity (Wildman–Crippen MR) is 114 cm³/mol. The van der Waals surface area contributed by atoms with Gasteiger partial charge in [-0.25, -0.2) is 12.8 Å². The highest BCUT2D eigenvalue weighted by molar-refractivity contribution is 7.89. The molecule has 2 N–H and O–H groups in total. The highest BCUT2D eigenvalue weighted by Gasteiger charge is 2.25. The third-order valence-corrected chi connectivity index (χ3v) is 5.80. The number of hydrogen-bond donors (Lipinski definition) is 2. The molecular weight excluding hydrogens is 423 g/mol. The van der Waals surface area contributed by atoms with Crippen LogP contribution in [0.15, 0.2) is 77.7 Å². The summed E-state index contributed by atoms with van der Waals surface area (Å²) in [5.41, 5.74) is 0.458. The van der Waals surface area contributed by atoms with Crippen molar-refractivity contribution in [3.05, 3.63) is 78.6 Å². The zero-order chi connectivity index (χ0) is 22.4. The number of anilines is 1. The second kappa shape index (κ2) is 9.59. The Kier molecular flexibility index (Phi) is 6.88. The van der Waals surface area contributed by atoms with E-state index in [4.69, 9.17) is 9.47 Å². The minimum atomic E-state index is -4.20. The van der Waals surface area contributed by atoms with Crippen LogP contribution in [0.25, 0.3) is 0 Å². The molecule has 1 unspecified atom stereocenters. The normalized spacial score (nSPS) is 12.1. The smallest absolute Gasteiger partial charge is 0.245 e. The fourth-order valence-corrected chi connectivity index (χ4v) is 4.08. The van der Waals surface area contributed by atoms with E-state index in [2.05, 4.69) is 10.0 Å². The number of methoxy groups -OCH3 is 1. The van der Waals surface area contributed by atoms with Crippen LogP contribution in [-0.4, -0.2) is 27.5 Å². The molecule has 9 heteroatoms. The number of carbonyl (C=O) groups is 1. The average molecular weight is 444 g/mol.